The highest BCUT2D eigenvalue weighted by Crippen LogP contribution is 2.45. The molecule has 1 aliphatic carbocycles. The summed E-state index contributed by atoms with van der Waals surface area (Å²) in [5, 5.41) is 19.0. The van der Waals surface area contributed by atoms with E-state index in [0.717, 1.165) is 32.1 Å². The van der Waals surface area contributed by atoms with E-state index >= 15 is 0 Å². The van der Waals surface area contributed by atoms with Crippen LogP contribution in [-0.4, -0.2) is 45.7 Å². The van der Waals surface area contributed by atoms with Crippen molar-refractivity contribution in [2.24, 2.45) is 11.3 Å². The van der Waals surface area contributed by atoms with Gasteiger partial charge in [-0.3, -0.25) is 4.79 Å². The lowest BCUT2D eigenvalue weighted by Gasteiger charge is -2.35. The van der Waals surface area contributed by atoms with Crippen LogP contribution in [0.3, 0.4) is 0 Å². The van der Waals surface area contributed by atoms with E-state index in [1.54, 1.807) is 0 Å². The lowest BCUT2D eigenvalue weighted by Crippen LogP contribution is -2.48. The highest BCUT2D eigenvalue weighted by molar-refractivity contribution is 5.88. The van der Waals surface area contributed by atoms with Gasteiger partial charge in [-0.25, -0.2) is 4.79 Å². The van der Waals surface area contributed by atoms with Crippen LogP contribution in [0.4, 0.5) is 0 Å². The van der Waals surface area contributed by atoms with Gasteiger partial charge in [-0.2, -0.15) is 0 Å². The number of likely N-dealkylation sites (tertiary alicyclic amines) is 1. The molecule has 1 heterocycles. The number of carbonyl (C=O) groups is 2. The molecule has 0 spiro atoms. The second-order valence-corrected chi connectivity index (χ2v) is 6.79. The van der Waals surface area contributed by atoms with Crippen LogP contribution in [0.25, 0.3) is 0 Å². The Morgan fingerprint density at radius 1 is 1.30 bits per heavy atom. The second kappa shape index (κ2) is 5.72. The third-order valence-corrected chi connectivity index (χ3v) is 4.64. The first-order chi connectivity index (χ1) is 9.35. The number of nitrogens with zero attached hydrogens (tertiary/aromatic N) is 1. The van der Waals surface area contributed by atoms with Crippen molar-refractivity contribution < 1.29 is 19.8 Å². The van der Waals surface area contributed by atoms with Crippen LogP contribution in [0.1, 0.15) is 52.4 Å². The van der Waals surface area contributed by atoms with Gasteiger partial charge in [0.2, 0.25) is 5.91 Å². The van der Waals surface area contributed by atoms with E-state index in [1.165, 1.54) is 4.90 Å². The van der Waals surface area contributed by atoms with Crippen LogP contribution in [-0.2, 0) is 9.59 Å². The molecular weight excluding hydrogens is 258 g/mol. The molecule has 20 heavy (non-hydrogen) atoms. The summed E-state index contributed by atoms with van der Waals surface area (Å²) in [6.07, 6.45) is 4.02. The molecule has 2 aliphatic rings. The molecule has 1 saturated carbocycles. The molecule has 1 saturated heterocycles. The highest BCUT2D eigenvalue weighted by Gasteiger charge is 2.49. The molecule has 0 aromatic heterocycles. The average molecular weight is 283 g/mol. The predicted molar refractivity (Wildman–Crippen MR) is 74.1 cm³/mol. The van der Waals surface area contributed by atoms with Crippen LogP contribution in [0.2, 0.25) is 0 Å². The number of carboxylic acid groups (broad SMARTS) is 1. The zero-order valence-electron chi connectivity index (χ0n) is 12.3. The van der Waals surface area contributed by atoms with Gasteiger partial charge < -0.3 is 15.1 Å². The summed E-state index contributed by atoms with van der Waals surface area (Å²) in [7, 11) is 0. The van der Waals surface area contributed by atoms with Gasteiger partial charge in [0, 0.05) is 18.4 Å². The first kappa shape index (κ1) is 15.3. The Bertz CT molecular complexity index is 387. The monoisotopic (exact) mass is 283 g/mol. The first-order valence-corrected chi connectivity index (χ1v) is 7.58. The lowest BCUT2D eigenvalue weighted by atomic mass is 9.77. The van der Waals surface area contributed by atoms with Crippen molar-refractivity contribution in [3.05, 3.63) is 0 Å². The van der Waals surface area contributed by atoms with E-state index < -0.39 is 23.5 Å². The van der Waals surface area contributed by atoms with Gasteiger partial charge in [0.15, 0.2) is 0 Å². The molecule has 2 atom stereocenters. The van der Waals surface area contributed by atoms with Crippen LogP contribution < -0.4 is 0 Å². The number of hydrogen-bond acceptors (Lipinski definition) is 3. The zero-order valence-corrected chi connectivity index (χ0v) is 12.3. The summed E-state index contributed by atoms with van der Waals surface area (Å²) in [4.78, 5) is 25.6. The van der Waals surface area contributed by atoms with Gasteiger partial charge in [-0.15, -0.1) is 0 Å². The molecule has 5 nitrogen and oxygen atoms in total. The van der Waals surface area contributed by atoms with Crippen LogP contribution in [0.15, 0.2) is 0 Å². The molecule has 0 bridgehead atoms. The predicted octanol–water partition coefficient (Wildman–Crippen LogP) is 1.64. The maximum atomic E-state index is 12.9. The third-order valence-electron chi connectivity index (χ3n) is 4.64. The Hall–Kier alpha value is -1.10. The standard InChI is InChI=1S/C15H25NO4/c1-10(2)8-15(5-3-4-6-15)14(20)16-9-11(17)7-12(16)13(18)19/h10-12,17H,3-9H2,1-2H3,(H,18,19)/t11-,12-/m0/s1. The topological polar surface area (TPSA) is 77.8 Å². The Kier molecular flexibility index (Phi) is 4.37. The first-order valence-electron chi connectivity index (χ1n) is 7.58. The SMILES string of the molecule is CC(C)CC1(C(=O)N2C[C@@H](O)C[C@H]2C(=O)O)CCCC1. The van der Waals surface area contributed by atoms with Crippen LogP contribution in [0.5, 0.6) is 0 Å². The normalized spacial score (nSPS) is 29.1. The summed E-state index contributed by atoms with van der Waals surface area (Å²) < 4.78 is 0. The van der Waals surface area contributed by atoms with E-state index in [0.29, 0.717) is 5.92 Å². The van der Waals surface area contributed by atoms with Crippen LogP contribution >= 0.6 is 0 Å². The number of hydrogen-bond donors (Lipinski definition) is 2. The largest absolute Gasteiger partial charge is 0.480 e. The fraction of sp³-hybridized carbons (Fsp3) is 0.867. The van der Waals surface area contributed by atoms with Gasteiger partial charge in [0.1, 0.15) is 6.04 Å². The van der Waals surface area contributed by atoms with E-state index in [9.17, 15) is 19.8 Å². The number of aliphatic carboxylic acids is 1. The summed E-state index contributed by atoms with van der Waals surface area (Å²) >= 11 is 0. The van der Waals surface area contributed by atoms with Crippen molar-refractivity contribution >= 4 is 11.9 Å². The van der Waals surface area contributed by atoms with Crippen molar-refractivity contribution in [2.45, 2.75) is 64.5 Å². The van der Waals surface area contributed by atoms with E-state index in [-0.39, 0.29) is 18.9 Å². The molecular formula is C15H25NO4. The Morgan fingerprint density at radius 3 is 2.40 bits per heavy atom. The highest BCUT2D eigenvalue weighted by atomic mass is 16.4. The molecule has 0 unspecified atom stereocenters. The molecule has 2 rings (SSSR count). The van der Waals surface area contributed by atoms with Gasteiger partial charge in [-0.1, -0.05) is 26.7 Å². The second-order valence-electron chi connectivity index (χ2n) is 6.79. The van der Waals surface area contributed by atoms with Crippen molar-refractivity contribution in [3.8, 4) is 0 Å². The van der Waals surface area contributed by atoms with Crippen LogP contribution in [0, 0.1) is 11.3 Å². The Morgan fingerprint density at radius 2 is 1.90 bits per heavy atom. The quantitative estimate of drug-likeness (QED) is 0.822. The minimum Gasteiger partial charge on any atom is -0.480 e. The maximum Gasteiger partial charge on any atom is 0.326 e. The summed E-state index contributed by atoms with van der Waals surface area (Å²) in [6, 6.07) is -0.859. The number of rotatable bonds is 4. The minimum atomic E-state index is -1.01. The molecule has 5 heteroatoms. The molecule has 0 radical (unpaired) electrons. The molecule has 0 aromatic rings. The fourth-order valence-electron chi connectivity index (χ4n) is 3.92. The molecule has 0 aromatic carbocycles. The maximum absolute atomic E-state index is 12.9. The number of aliphatic hydroxyl groups is 1. The number of carbonyl (C=O) groups excluding carboxylic acids is 1. The van der Waals surface area contributed by atoms with Crippen molar-refractivity contribution in [2.75, 3.05) is 6.54 Å². The Labute approximate surface area is 120 Å². The van der Waals surface area contributed by atoms with Crippen molar-refractivity contribution in [1.82, 2.24) is 4.90 Å². The number of carboxylic acids is 1. The average Bonchev–Trinajstić information content (AvgIpc) is 2.95. The van der Waals surface area contributed by atoms with Gasteiger partial charge in [0.05, 0.1) is 6.10 Å². The summed E-state index contributed by atoms with van der Waals surface area (Å²) in [5.74, 6) is -0.645. The molecule has 1 amide bonds. The van der Waals surface area contributed by atoms with Crippen molar-refractivity contribution in [3.63, 3.8) is 0 Å². The van der Waals surface area contributed by atoms with Crippen molar-refractivity contribution in [1.29, 1.82) is 0 Å². The van der Waals surface area contributed by atoms with Gasteiger partial charge in [0.25, 0.3) is 0 Å². The lowest BCUT2D eigenvalue weighted by molar-refractivity contribution is -0.153. The van der Waals surface area contributed by atoms with E-state index in [1.807, 2.05) is 0 Å². The summed E-state index contributed by atoms with van der Waals surface area (Å²) in [6.45, 7) is 4.36. The Balaban J connectivity index is 2.21. The number of amides is 1. The smallest absolute Gasteiger partial charge is 0.326 e. The van der Waals surface area contributed by atoms with E-state index in [4.69, 9.17) is 0 Å². The zero-order chi connectivity index (χ0) is 14.9. The molecule has 2 N–H and O–H groups in total. The minimum absolute atomic E-state index is 0.0485. The molecule has 1 aliphatic heterocycles. The fourth-order valence-corrected chi connectivity index (χ4v) is 3.92. The number of β-amino-alcohol motifs (C(OH)–C–C–N with tert-alkyl or cyclic N) is 1. The number of aliphatic hydroxyl groups excluding tert-OH is 1. The molecule has 114 valence electrons. The third kappa shape index (κ3) is 2.82. The van der Waals surface area contributed by atoms with Gasteiger partial charge >= 0.3 is 5.97 Å². The van der Waals surface area contributed by atoms with Gasteiger partial charge in [-0.05, 0) is 25.2 Å². The van der Waals surface area contributed by atoms with E-state index in [2.05, 4.69) is 13.8 Å². The molecule has 2 fully saturated rings. The summed E-state index contributed by atoms with van der Waals surface area (Å²) in [5.41, 5.74) is -0.397.